The second-order valence-electron chi connectivity index (χ2n) is 3.49. The van der Waals surface area contributed by atoms with Gasteiger partial charge in [0.25, 0.3) is 0 Å². The quantitative estimate of drug-likeness (QED) is 0.549. The van der Waals surface area contributed by atoms with Gasteiger partial charge in [-0.3, -0.25) is 24.6 Å². The number of nitrogens with zero attached hydrogens (tertiary/aromatic N) is 1. The number of rotatable bonds is 5. The van der Waals surface area contributed by atoms with Crippen LogP contribution in [-0.4, -0.2) is 41.8 Å². The van der Waals surface area contributed by atoms with E-state index in [1.807, 2.05) is 6.92 Å². The van der Waals surface area contributed by atoms with Gasteiger partial charge in [-0.1, -0.05) is 6.92 Å². The van der Waals surface area contributed by atoms with Crippen molar-refractivity contribution in [2.24, 2.45) is 5.73 Å². The number of primary amides is 1. The Bertz CT molecular complexity index is 290. The van der Waals surface area contributed by atoms with Gasteiger partial charge in [-0.25, -0.2) is 0 Å². The lowest BCUT2D eigenvalue weighted by Crippen LogP contribution is -2.42. The minimum Gasteiger partial charge on any atom is -0.369 e. The maximum atomic E-state index is 11.6. The Kier molecular flexibility index (Phi) is 3.79. The third-order valence-corrected chi connectivity index (χ3v) is 2.21. The molecule has 6 heteroatoms. The molecule has 15 heavy (non-hydrogen) atoms. The van der Waals surface area contributed by atoms with Crippen molar-refractivity contribution in [3.63, 3.8) is 0 Å². The van der Waals surface area contributed by atoms with Crippen LogP contribution in [0.1, 0.15) is 19.8 Å². The molecule has 3 N–H and O–H groups in total. The van der Waals surface area contributed by atoms with Crippen LogP contribution < -0.4 is 11.1 Å². The molecule has 84 valence electrons. The number of amides is 3. The zero-order chi connectivity index (χ0) is 11.4. The van der Waals surface area contributed by atoms with E-state index in [1.165, 1.54) is 4.90 Å². The zero-order valence-corrected chi connectivity index (χ0v) is 8.66. The molecular formula is C9H15N3O3. The van der Waals surface area contributed by atoms with Gasteiger partial charge in [0.1, 0.15) is 0 Å². The number of carbonyl (C=O) groups is 3. The van der Waals surface area contributed by atoms with Gasteiger partial charge in [0.05, 0.1) is 19.0 Å². The van der Waals surface area contributed by atoms with Crippen molar-refractivity contribution < 1.29 is 14.4 Å². The molecule has 0 saturated carbocycles. The average Bonchev–Trinajstić information content (AvgIpc) is 2.43. The normalized spacial score (nSPS) is 21.1. The molecule has 0 radical (unpaired) electrons. The Morgan fingerprint density at radius 1 is 1.60 bits per heavy atom. The number of likely N-dealkylation sites (tertiary alicyclic amines) is 1. The average molecular weight is 213 g/mol. The molecule has 1 rings (SSSR count). The molecule has 1 unspecified atom stereocenters. The molecule has 1 saturated heterocycles. The van der Waals surface area contributed by atoms with E-state index in [9.17, 15) is 14.4 Å². The van der Waals surface area contributed by atoms with Gasteiger partial charge in [0, 0.05) is 6.54 Å². The molecule has 1 aliphatic rings. The van der Waals surface area contributed by atoms with E-state index in [4.69, 9.17) is 5.73 Å². The molecule has 0 aromatic heterocycles. The van der Waals surface area contributed by atoms with Crippen LogP contribution in [0.4, 0.5) is 0 Å². The smallest absolute Gasteiger partial charge is 0.246 e. The summed E-state index contributed by atoms with van der Waals surface area (Å²) in [6, 6.07) is -0.587. The first-order valence-electron chi connectivity index (χ1n) is 4.92. The zero-order valence-electron chi connectivity index (χ0n) is 8.66. The van der Waals surface area contributed by atoms with Crippen molar-refractivity contribution in [1.29, 1.82) is 0 Å². The number of hydrogen-bond acceptors (Lipinski definition) is 4. The highest BCUT2D eigenvalue weighted by atomic mass is 16.2. The van der Waals surface area contributed by atoms with Crippen LogP contribution in [0, 0.1) is 0 Å². The fraction of sp³-hybridized carbons (Fsp3) is 0.667. The van der Waals surface area contributed by atoms with Crippen molar-refractivity contribution in [2.75, 3.05) is 13.1 Å². The molecule has 3 amide bonds. The summed E-state index contributed by atoms with van der Waals surface area (Å²) in [5, 5.41) is 2.66. The van der Waals surface area contributed by atoms with Gasteiger partial charge in [-0.05, 0) is 6.42 Å². The molecule has 1 fully saturated rings. The van der Waals surface area contributed by atoms with Crippen LogP contribution in [-0.2, 0) is 14.4 Å². The van der Waals surface area contributed by atoms with Crippen LogP contribution in [0.3, 0.4) is 0 Å². The number of imide groups is 1. The molecule has 6 nitrogen and oxygen atoms in total. The first kappa shape index (κ1) is 11.6. The SMILES string of the molecule is CCCN1C(=O)CC(NCC(N)=O)C1=O. The predicted molar refractivity (Wildman–Crippen MR) is 52.6 cm³/mol. The fourth-order valence-electron chi connectivity index (χ4n) is 1.52. The van der Waals surface area contributed by atoms with Gasteiger partial charge < -0.3 is 5.73 Å². The summed E-state index contributed by atoms with van der Waals surface area (Å²) in [6.45, 7) is 2.25. The number of hydrogen-bond donors (Lipinski definition) is 2. The molecular weight excluding hydrogens is 198 g/mol. The van der Waals surface area contributed by atoms with E-state index in [0.717, 1.165) is 6.42 Å². The van der Waals surface area contributed by atoms with Crippen LogP contribution in [0.5, 0.6) is 0 Å². The standard InChI is InChI=1S/C9H15N3O3/c1-2-3-12-8(14)4-6(9(12)15)11-5-7(10)13/h6,11H,2-5H2,1H3,(H2,10,13). The van der Waals surface area contributed by atoms with Crippen molar-refractivity contribution in [3.8, 4) is 0 Å². The van der Waals surface area contributed by atoms with E-state index in [-0.39, 0.29) is 24.8 Å². The summed E-state index contributed by atoms with van der Waals surface area (Å²) >= 11 is 0. The van der Waals surface area contributed by atoms with Gasteiger partial charge in [-0.15, -0.1) is 0 Å². The van der Waals surface area contributed by atoms with Crippen LogP contribution in [0.2, 0.25) is 0 Å². The van der Waals surface area contributed by atoms with E-state index in [0.29, 0.717) is 6.54 Å². The molecule has 0 aliphatic carbocycles. The second kappa shape index (κ2) is 4.88. The van der Waals surface area contributed by atoms with Crippen LogP contribution >= 0.6 is 0 Å². The first-order chi connectivity index (χ1) is 7.06. The van der Waals surface area contributed by atoms with Gasteiger partial charge in [-0.2, -0.15) is 0 Å². The lowest BCUT2D eigenvalue weighted by atomic mass is 10.2. The third-order valence-electron chi connectivity index (χ3n) is 2.21. The summed E-state index contributed by atoms with van der Waals surface area (Å²) in [5.74, 6) is -0.990. The topological polar surface area (TPSA) is 92.5 Å². The van der Waals surface area contributed by atoms with E-state index < -0.39 is 11.9 Å². The van der Waals surface area contributed by atoms with Crippen LogP contribution in [0.15, 0.2) is 0 Å². The van der Waals surface area contributed by atoms with E-state index >= 15 is 0 Å². The highest BCUT2D eigenvalue weighted by molar-refractivity contribution is 6.05. The molecule has 1 heterocycles. The summed E-state index contributed by atoms with van der Waals surface area (Å²) in [4.78, 5) is 34.7. The van der Waals surface area contributed by atoms with Crippen LogP contribution in [0.25, 0.3) is 0 Å². The molecule has 0 aromatic carbocycles. The summed E-state index contributed by atoms with van der Waals surface area (Å²) < 4.78 is 0. The fourth-order valence-corrected chi connectivity index (χ4v) is 1.52. The molecule has 0 aromatic rings. The summed E-state index contributed by atoms with van der Waals surface area (Å²) in [5.41, 5.74) is 4.93. The molecule has 0 bridgehead atoms. The third kappa shape index (κ3) is 2.76. The minimum absolute atomic E-state index is 0.0797. The predicted octanol–water partition coefficient (Wildman–Crippen LogP) is -1.40. The van der Waals surface area contributed by atoms with E-state index in [1.54, 1.807) is 0 Å². The largest absolute Gasteiger partial charge is 0.369 e. The Balaban J connectivity index is 2.53. The van der Waals surface area contributed by atoms with Crippen molar-refractivity contribution in [2.45, 2.75) is 25.8 Å². The molecule has 0 spiro atoms. The second-order valence-corrected chi connectivity index (χ2v) is 3.49. The summed E-state index contributed by atoms with van der Waals surface area (Å²) in [7, 11) is 0. The van der Waals surface area contributed by atoms with Gasteiger partial charge >= 0.3 is 0 Å². The molecule has 1 aliphatic heterocycles. The lowest BCUT2D eigenvalue weighted by Gasteiger charge is -2.13. The molecule has 1 atom stereocenters. The highest BCUT2D eigenvalue weighted by Gasteiger charge is 2.37. The number of nitrogens with two attached hydrogens (primary N) is 1. The van der Waals surface area contributed by atoms with Crippen molar-refractivity contribution >= 4 is 17.7 Å². The first-order valence-corrected chi connectivity index (χ1v) is 4.92. The lowest BCUT2D eigenvalue weighted by molar-refractivity contribution is -0.138. The highest BCUT2D eigenvalue weighted by Crippen LogP contribution is 2.12. The monoisotopic (exact) mass is 213 g/mol. The maximum Gasteiger partial charge on any atom is 0.246 e. The Morgan fingerprint density at radius 3 is 2.80 bits per heavy atom. The minimum atomic E-state index is -0.587. The Hall–Kier alpha value is -1.43. The van der Waals surface area contributed by atoms with Gasteiger partial charge in [0.15, 0.2) is 0 Å². The summed E-state index contributed by atoms with van der Waals surface area (Å²) in [6.07, 6.45) is 0.853. The number of carbonyl (C=O) groups excluding carboxylic acids is 3. The Morgan fingerprint density at radius 2 is 2.27 bits per heavy atom. The number of nitrogens with one attached hydrogen (secondary N) is 1. The van der Waals surface area contributed by atoms with E-state index in [2.05, 4.69) is 5.32 Å². The van der Waals surface area contributed by atoms with Gasteiger partial charge in [0.2, 0.25) is 17.7 Å². The maximum absolute atomic E-state index is 11.6. The van der Waals surface area contributed by atoms with Crippen molar-refractivity contribution in [1.82, 2.24) is 10.2 Å². The Labute approximate surface area is 87.8 Å². The van der Waals surface area contributed by atoms with Crippen molar-refractivity contribution in [3.05, 3.63) is 0 Å².